The molecule has 9 heteroatoms. The van der Waals surface area contributed by atoms with Crippen LogP contribution in [0.1, 0.15) is 11.6 Å². The van der Waals surface area contributed by atoms with E-state index in [2.05, 4.69) is 20.2 Å². The third-order valence-electron chi connectivity index (χ3n) is 5.21. The highest BCUT2D eigenvalue weighted by atomic mass is 35.5. The van der Waals surface area contributed by atoms with Gasteiger partial charge in [-0.1, -0.05) is 35.5 Å². The molecule has 6 nitrogen and oxygen atoms in total. The van der Waals surface area contributed by atoms with Crippen LogP contribution in [0, 0.1) is 5.82 Å². The van der Waals surface area contributed by atoms with Gasteiger partial charge in [-0.05, 0) is 60.7 Å². The van der Waals surface area contributed by atoms with Gasteiger partial charge in [-0.3, -0.25) is 4.57 Å². The summed E-state index contributed by atoms with van der Waals surface area (Å²) in [6, 6.07) is 21.9. The first kappa shape index (κ1) is 21.5. The minimum atomic E-state index is -0.263. The molecule has 33 heavy (non-hydrogen) atoms. The number of hydrogen-bond donors (Lipinski definition) is 1. The molecule has 0 radical (unpaired) electrons. The Morgan fingerprint density at radius 3 is 2.52 bits per heavy atom. The van der Waals surface area contributed by atoms with E-state index in [1.54, 1.807) is 23.9 Å². The molecule has 0 aliphatic carbocycles. The number of aromatic amines is 1. The highest BCUT2D eigenvalue weighted by Gasteiger charge is 2.17. The number of hydrogen-bond acceptors (Lipinski definition) is 5. The summed E-state index contributed by atoms with van der Waals surface area (Å²) in [7, 11) is 1.94. The average molecular weight is 479 g/mol. The Kier molecular flexibility index (Phi) is 6.02. The molecular formula is C24H20ClFN6S. The molecule has 2 heterocycles. The Labute approximate surface area is 199 Å². The van der Waals surface area contributed by atoms with Crippen molar-refractivity contribution in [2.45, 2.75) is 17.5 Å². The number of fused-ring (bicyclic) bond motifs is 1. The second-order valence-corrected chi connectivity index (χ2v) is 8.91. The van der Waals surface area contributed by atoms with Crippen molar-refractivity contribution in [2.24, 2.45) is 0 Å². The van der Waals surface area contributed by atoms with Crippen molar-refractivity contribution in [3.63, 3.8) is 0 Å². The van der Waals surface area contributed by atoms with Crippen LogP contribution in [0.4, 0.5) is 10.1 Å². The largest absolute Gasteiger partial charge is 0.367 e. The van der Waals surface area contributed by atoms with Crippen LogP contribution in [0.25, 0.3) is 16.7 Å². The third kappa shape index (κ3) is 4.72. The van der Waals surface area contributed by atoms with Crippen LogP contribution >= 0.6 is 23.4 Å². The van der Waals surface area contributed by atoms with Crippen LogP contribution in [0.3, 0.4) is 0 Å². The summed E-state index contributed by atoms with van der Waals surface area (Å²) in [6.45, 7) is 0.493. The predicted octanol–water partition coefficient (Wildman–Crippen LogP) is 5.86. The van der Waals surface area contributed by atoms with Crippen molar-refractivity contribution in [1.82, 2.24) is 24.7 Å². The fraction of sp³-hybridized carbons (Fsp3) is 0.125. The third-order valence-corrected chi connectivity index (χ3v) is 6.40. The first-order valence-corrected chi connectivity index (χ1v) is 11.7. The molecular weight excluding hydrogens is 459 g/mol. The Morgan fingerprint density at radius 1 is 1.00 bits per heavy atom. The fourth-order valence-electron chi connectivity index (χ4n) is 3.55. The lowest BCUT2D eigenvalue weighted by atomic mass is 10.3. The van der Waals surface area contributed by atoms with E-state index in [4.69, 9.17) is 11.6 Å². The zero-order valence-corrected chi connectivity index (χ0v) is 19.3. The number of thioether (sulfide) groups is 1. The lowest BCUT2D eigenvalue weighted by Crippen LogP contribution is -2.19. The predicted molar refractivity (Wildman–Crippen MR) is 131 cm³/mol. The van der Waals surface area contributed by atoms with Gasteiger partial charge < -0.3 is 9.88 Å². The summed E-state index contributed by atoms with van der Waals surface area (Å²) >= 11 is 7.67. The fourth-order valence-corrected chi connectivity index (χ4v) is 4.52. The summed E-state index contributed by atoms with van der Waals surface area (Å²) in [5, 5.41) is 10.3. The number of nitrogens with zero attached hydrogens (tertiary/aromatic N) is 5. The van der Waals surface area contributed by atoms with Gasteiger partial charge in [0.2, 0.25) is 0 Å². The summed E-state index contributed by atoms with van der Waals surface area (Å²) < 4.78 is 15.3. The van der Waals surface area contributed by atoms with Gasteiger partial charge >= 0.3 is 0 Å². The molecule has 1 N–H and O–H groups in total. The molecule has 0 bridgehead atoms. The molecule has 0 aliphatic rings. The first-order valence-electron chi connectivity index (χ1n) is 10.3. The van der Waals surface area contributed by atoms with Crippen LogP contribution in [-0.2, 0) is 12.3 Å². The number of H-pyrrole nitrogens is 1. The number of benzene rings is 3. The summed E-state index contributed by atoms with van der Waals surface area (Å²) in [5.41, 5.74) is 3.75. The normalized spacial score (nSPS) is 11.2. The van der Waals surface area contributed by atoms with Crippen molar-refractivity contribution < 1.29 is 4.39 Å². The van der Waals surface area contributed by atoms with Gasteiger partial charge in [0.1, 0.15) is 11.6 Å². The molecule has 0 aliphatic heterocycles. The molecule has 0 atom stereocenters. The minimum Gasteiger partial charge on any atom is -0.367 e. The van der Waals surface area contributed by atoms with Gasteiger partial charge in [0.25, 0.3) is 0 Å². The van der Waals surface area contributed by atoms with E-state index in [9.17, 15) is 4.39 Å². The highest BCUT2D eigenvalue weighted by Crippen LogP contribution is 2.27. The van der Waals surface area contributed by atoms with Crippen LogP contribution in [0.5, 0.6) is 0 Å². The maximum Gasteiger partial charge on any atom is 0.196 e. The van der Waals surface area contributed by atoms with Gasteiger partial charge in [-0.2, -0.15) is 0 Å². The van der Waals surface area contributed by atoms with Crippen molar-refractivity contribution >= 4 is 40.1 Å². The SMILES string of the molecule is CN(Cc1nnc(SCc2nc3ccccc3[nH]2)n1-c1ccc(Cl)cc1)c1ccc(F)cc1. The summed E-state index contributed by atoms with van der Waals surface area (Å²) in [5.74, 6) is 1.99. The molecule has 0 fully saturated rings. The van der Waals surface area contributed by atoms with Gasteiger partial charge in [-0.15, -0.1) is 10.2 Å². The lowest BCUT2D eigenvalue weighted by molar-refractivity contribution is 0.627. The van der Waals surface area contributed by atoms with E-state index >= 15 is 0 Å². The second kappa shape index (κ2) is 9.25. The van der Waals surface area contributed by atoms with Crippen molar-refractivity contribution in [2.75, 3.05) is 11.9 Å². The zero-order valence-electron chi connectivity index (χ0n) is 17.7. The maximum absolute atomic E-state index is 13.3. The van der Waals surface area contributed by atoms with Crippen molar-refractivity contribution in [3.8, 4) is 5.69 Å². The van der Waals surface area contributed by atoms with E-state index in [0.717, 1.165) is 39.2 Å². The molecule has 166 valence electrons. The molecule has 3 aromatic carbocycles. The first-order chi connectivity index (χ1) is 16.1. The van der Waals surface area contributed by atoms with E-state index in [0.29, 0.717) is 17.3 Å². The van der Waals surface area contributed by atoms with Crippen molar-refractivity contribution in [3.05, 3.63) is 95.3 Å². The molecule has 0 spiro atoms. The molecule has 0 unspecified atom stereocenters. The standard InChI is InChI=1S/C24H20ClFN6S/c1-31(18-12-8-17(26)9-13-18)14-23-29-30-24(32(23)19-10-6-16(25)7-11-19)33-15-22-27-20-4-2-3-5-21(20)28-22/h2-13H,14-15H2,1H3,(H,27,28). The van der Waals surface area contributed by atoms with Crippen LogP contribution in [0.2, 0.25) is 5.02 Å². The zero-order chi connectivity index (χ0) is 22.8. The number of nitrogens with one attached hydrogen (secondary N) is 1. The Morgan fingerprint density at radius 2 is 1.76 bits per heavy atom. The highest BCUT2D eigenvalue weighted by molar-refractivity contribution is 7.98. The average Bonchev–Trinajstić information content (AvgIpc) is 3.42. The molecule has 5 rings (SSSR count). The van der Waals surface area contributed by atoms with E-state index < -0.39 is 0 Å². The minimum absolute atomic E-state index is 0.263. The quantitative estimate of drug-likeness (QED) is 0.297. The van der Waals surface area contributed by atoms with Gasteiger partial charge in [0.15, 0.2) is 11.0 Å². The van der Waals surface area contributed by atoms with Gasteiger partial charge in [0, 0.05) is 23.4 Å². The van der Waals surface area contributed by atoms with Crippen LogP contribution < -0.4 is 4.90 Å². The Hall–Kier alpha value is -3.36. The molecule has 2 aromatic heterocycles. The molecule has 0 saturated heterocycles. The number of anilines is 1. The Bertz CT molecular complexity index is 1350. The van der Waals surface area contributed by atoms with E-state index in [1.165, 1.54) is 12.1 Å². The van der Waals surface area contributed by atoms with Gasteiger partial charge in [0.05, 0.1) is 23.3 Å². The topological polar surface area (TPSA) is 62.6 Å². The van der Waals surface area contributed by atoms with E-state index in [1.807, 2.05) is 65.0 Å². The smallest absolute Gasteiger partial charge is 0.196 e. The monoisotopic (exact) mass is 478 g/mol. The van der Waals surface area contributed by atoms with Crippen LogP contribution in [0.15, 0.2) is 78.0 Å². The number of para-hydroxylation sites is 2. The molecule has 5 aromatic rings. The summed E-state index contributed by atoms with van der Waals surface area (Å²) in [6.07, 6.45) is 0. The van der Waals surface area contributed by atoms with Crippen molar-refractivity contribution in [1.29, 1.82) is 0 Å². The van der Waals surface area contributed by atoms with Crippen LogP contribution in [-0.4, -0.2) is 31.8 Å². The van der Waals surface area contributed by atoms with Gasteiger partial charge in [-0.25, -0.2) is 9.37 Å². The number of rotatable bonds is 7. The lowest BCUT2D eigenvalue weighted by Gasteiger charge is -2.19. The number of imidazole rings is 1. The molecule has 0 saturated carbocycles. The number of aromatic nitrogens is 5. The van der Waals surface area contributed by atoms with E-state index in [-0.39, 0.29) is 5.82 Å². The summed E-state index contributed by atoms with van der Waals surface area (Å²) in [4.78, 5) is 10.0. The number of halogens is 2. The Balaban J connectivity index is 1.43. The second-order valence-electron chi connectivity index (χ2n) is 7.53. The molecule has 0 amide bonds. The maximum atomic E-state index is 13.3.